The molecule has 0 atom stereocenters. The van der Waals surface area contributed by atoms with E-state index in [2.05, 4.69) is 6.92 Å². The first-order valence-electron chi connectivity index (χ1n) is 11.6. The molecule has 0 spiro atoms. The predicted octanol–water partition coefficient (Wildman–Crippen LogP) is 6.62. The van der Waals surface area contributed by atoms with Crippen LogP contribution in [0.1, 0.15) is 97.3 Å². The molecule has 0 amide bonds. The van der Waals surface area contributed by atoms with E-state index in [1.807, 2.05) is 6.08 Å². The monoisotopic (exact) mass is 378 g/mol. The lowest BCUT2D eigenvalue weighted by atomic mass is 9.69. The summed E-state index contributed by atoms with van der Waals surface area (Å²) in [6.45, 7) is 5.74. The van der Waals surface area contributed by atoms with Crippen molar-refractivity contribution in [2.75, 3.05) is 13.2 Å². The Labute approximate surface area is 167 Å². The number of ether oxygens (including phenoxy) is 1. The van der Waals surface area contributed by atoms with E-state index in [4.69, 9.17) is 9.84 Å². The Balaban J connectivity index is 1.49. The van der Waals surface area contributed by atoms with Gasteiger partial charge in [0.1, 0.15) is 0 Å². The van der Waals surface area contributed by atoms with Crippen molar-refractivity contribution in [2.45, 2.75) is 97.3 Å². The molecular formula is C24H42O3. The third-order valence-electron chi connectivity index (χ3n) is 7.03. The minimum Gasteiger partial charge on any atom is -0.478 e. The van der Waals surface area contributed by atoms with Gasteiger partial charge >= 0.3 is 5.97 Å². The topological polar surface area (TPSA) is 46.5 Å². The standard InChI is InChI=1S/C24H42O3/c1-3-7-20-9-13-22(14-10-20)23-15-11-21(12-16-23)18-27-17-6-4-5-8-19(2)24(25)26/h8,20-23H,3-7,9-18H2,1-2H3,(H,25,26)/b19-8+/t20-,21?,22-,23?. The molecule has 0 aromatic carbocycles. The fourth-order valence-corrected chi connectivity index (χ4v) is 5.19. The van der Waals surface area contributed by atoms with Crippen molar-refractivity contribution >= 4 is 5.97 Å². The molecule has 0 aromatic heterocycles. The van der Waals surface area contributed by atoms with Gasteiger partial charge in [-0.25, -0.2) is 4.79 Å². The molecule has 1 N–H and O–H groups in total. The summed E-state index contributed by atoms with van der Waals surface area (Å²) in [5.74, 6) is 3.00. The summed E-state index contributed by atoms with van der Waals surface area (Å²) in [5, 5.41) is 8.81. The van der Waals surface area contributed by atoms with Crippen LogP contribution in [0.15, 0.2) is 11.6 Å². The van der Waals surface area contributed by atoms with Gasteiger partial charge in [0.15, 0.2) is 0 Å². The molecule has 3 nitrogen and oxygen atoms in total. The summed E-state index contributed by atoms with van der Waals surface area (Å²) in [7, 11) is 0. The molecule has 0 aromatic rings. The van der Waals surface area contributed by atoms with Crippen LogP contribution in [0.4, 0.5) is 0 Å². The number of carboxylic acids is 1. The molecule has 0 unspecified atom stereocenters. The Morgan fingerprint density at radius 2 is 1.56 bits per heavy atom. The van der Waals surface area contributed by atoms with Gasteiger partial charge in [0, 0.05) is 18.8 Å². The van der Waals surface area contributed by atoms with Crippen LogP contribution in [0, 0.1) is 23.7 Å². The molecule has 2 aliphatic rings. The molecule has 0 saturated heterocycles. The zero-order valence-electron chi connectivity index (χ0n) is 17.8. The van der Waals surface area contributed by atoms with Gasteiger partial charge in [-0.05, 0) is 88.4 Å². The van der Waals surface area contributed by atoms with Gasteiger partial charge in [0.2, 0.25) is 0 Å². The largest absolute Gasteiger partial charge is 0.478 e. The normalized spacial score (nSPS) is 29.6. The molecule has 156 valence electrons. The van der Waals surface area contributed by atoms with Crippen LogP contribution in [0.25, 0.3) is 0 Å². The minimum absolute atomic E-state index is 0.450. The van der Waals surface area contributed by atoms with E-state index in [0.29, 0.717) is 5.57 Å². The van der Waals surface area contributed by atoms with Crippen LogP contribution in [0.3, 0.4) is 0 Å². The summed E-state index contributed by atoms with van der Waals surface area (Å²) in [6, 6.07) is 0. The molecule has 3 heteroatoms. The molecule has 27 heavy (non-hydrogen) atoms. The smallest absolute Gasteiger partial charge is 0.330 e. The summed E-state index contributed by atoms with van der Waals surface area (Å²) in [5.41, 5.74) is 0.450. The second-order valence-corrected chi connectivity index (χ2v) is 9.11. The lowest BCUT2D eigenvalue weighted by Gasteiger charge is -2.37. The molecule has 0 aliphatic heterocycles. The Hall–Kier alpha value is -0.830. The highest BCUT2D eigenvalue weighted by atomic mass is 16.5. The zero-order chi connectivity index (χ0) is 19.5. The number of carboxylic acid groups (broad SMARTS) is 1. The lowest BCUT2D eigenvalue weighted by molar-refractivity contribution is -0.132. The summed E-state index contributed by atoms with van der Waals surface area (Å²) in [4.78, 5) is 10.7. The first-order chi connectivity index (χ1) is 13.1. The van der Waals surface area contributed by atoms with E-state index in [1.54, 1.807) is 6.92 Å². The van der Waals surface area contributed by atoms with Crippen molar-refractivity contribution < 1.29 is 14.6 Å². The Morgan fingerprint density at radius 1 is 0.963 bits per heavy atom. The Morgan fingerprint density at radius 3 is 2.11 bits per heavy atom. The van der Waals surface area contributed by atoms with E-state index < -0.39 is 5.97 Å². The van der Waals surface area contributed by atoms with E-state index in [-0.39, 0.29) is 0 Å². The number of hydrogen-bond acceptors (Lipinski definition) is 2. The Bertz CT molecular complexity index is 441. The number of unbranched alkanes of at least 4 members (excludes halogenated alkanes) is 2. The van der Waals surface area contributed by atoms with Gasteiger partial charge in [0.25, 0.3) is 0 Å². The molecule has 0 radical (unpaired) electrons. The number of hydrogen-bond donors (Lipinski definition) is 1. The molecule has 2 aliphatic carbocycles. The summed E-state index contributed by atoms with van der Waals surface area (Å²) >= 11 is 0. The van der Waals surface area contributed by atoms with Gasteiger partial charge < -0.3 is 9.84 Å². The van der Waals surface area contributed by atoms with Crippen molar-refractivity contribution in [2.24, 2.45) is 23.7 Å². The van der Waals surface area contributed by atoms with Crippen molar-refractivity contribution in [3.8, 4) is 0 Å². The van der Waals surface area contributed by atoms with Crippen molar-refractivity contribution in [3.05, 3.63) is 11.6 Å². The van der Waals surface area contributed by atoms with Gasteiger partial charge in [-0.3, -0.25) is 0 Å². The second-order valence-electron chi connectivity index (χ2n) is 9.11. The van der Waals surface area contributed by atoms with E-state index in [9.17, 15) is 4.79 Å². The summed E-state index contributed by atoms with van der Waals surface area (Å²) in [6.07, 6.45) is 19.0. The number of aliphatic carboxylic acids is 1. The maximum absolute atomic E-state index is 10.7. The quantitative estimate of drug-likeness (QED) is 0.325. The molecule has 2 saturated carbocycles. The van der Waals surface area contributed by atoms with Gasteiger partial charge in [-0.15, -0.1) is 0 Å². The average Bonchev–Trinajstić information content (AvgIpc) is 2.68. The number of carbonyl (C=O) groups is 1. The average molecular weight is 379 g/mol. The van der Waals surface area contributed by atoms with Crippen molar-refractivity contribution in [1.82, 2.24) is 0 Å². The fourth-order valence-electron chi connectivity index (χ4n) is 5.19. The first-order valence-corrected chi connectivity index (χ1v) is 11.6. The predicted molar refractivity (Wildman–Crippen MR) is 112 cm³/mol. The van der Waals surface area contributed by atoms with Gasteiger partial charge in [-0.2, -0.15) is 0 Å². The van der Waals surface area contributed by atoms with Crippen LogP contribution >= 0.6 is 0 Å². The maximum atomic E-state index is 10.7. The number of rotatable bonds is 11. The fraction of sp³-hybridized carbons (Fsp3) is 0.875. The minimum atomic E-state index is -0.809. The molecular weight excluding hydrogens is 336 g/mol. The maximum Gasteiger partial charge on any atom is 0.330 e. The van der Waals surface area contributed by atoms with E-state index in [0.717, 1.165) is 56.1 Å². The summed E-state index contributed by atoms with van der Waals surface area (Å²) < 4.78 is 5.91. The molecule has 0 bridgehead atoms. The third-order valence-corrected chi connectivity index (χ3v) is 7.03. The lowest BCUT2D eigenvalue weighted by Crippen LogP contribution is -2.27. The molecule has 2 rings (SSSR count). The highest BCUT2D eigenvalue weighted by Gasteiger charge is 2.30. The van der Waals surface area contributed by atoms with Crippen LogP contribution in [-0.4, -0.2) is 24.3 Å². The SMILES string of the molecule is CCC[C@H]1CC[C@H](C2CCC(COCCCC/C=C(\C)C(=O)O)CC2)CC1. The first kappa shape index (κ1) is 22.5. The van der Waals surface area contributed by atoms with Gasteiger partial charge in [-0.1, -0.05) is 38.7 Å². The van der Waals surface area contributed by atoms with Crippen molar-refractivity contribution in [1.29, 1.82) is 0 Å². The third kappa shape index (κ3) is 8.37. The van der Waals surface area contributed by atoms with Crippen LogP contribution < -0.4 is 0 Å². The van der Waals surface area contributed by atoms with Crippen LogP contribution in [0.5, 0.6) is 0 Å². The number of allylic oxidation sites excluding steroid dienone is 1. The highest BCUT2D eigenvalue weighted by Crippen LogP contribution is 2.42. The molecule has 2 fully saturated rings. The Kier molecular flexibility index (Phi) is 10.5. The van der Waals surface area contributed by atoms with E-state index >= 15 is 0 Å². The zero-order valence-corrected chi connectivity index (χ0v) is 17.8. The molecule has 0 heterocycles. The second kappa shape index (κ2) is 12.6. The highest BCUT2D eigenvalue weighted by molar-refractivity contribution is 5.85. The van der Waals surface area contributed by atoms with Gasteiger partial charge in [0.05, 0.1) is 0 Å². The van der Waals surface area contributed by atoms with Crippen LogP contribution in [-0.2, 0) is 9.53 Å². The van der Waals surface area contributed by atoms with E-state index in [1.165, 1.54) is 64.2 Å². The van der Waals surface area contributed by atoms with Crippen LogP contribution in [0.2, 0.25) is 0 Å². The van der Waals surface area contributed by atoms with Crippen molar-refractivity contribution in [3.63, 3.8) is 0 Å².